The van der Waals surface area contributed by atoms with Gasteiger partial charge in [-0.05, 0) is 49.2 Å². The predicted molar refractivity (Wildman–Crippen MR) is 98.9 cm³/mol. The third kappa shape index (κ3) is 4.00. The van der Waals surface area contributed by atoms with Gasteiger partial charge in [-0.3, -0.25) is 4.79 Å². The first-order valence-corrected chi connectivity index (χ1v) is 9.60. The van der Waals surface area contributed by atoms with Crippen molar-refractivity contribution in [3.05, 3.63) is 35.9 Å². The number of hydrogen-bond donors (Lipinski definition) is 0. The Bertz CT molecular complexity index is 534. The van der Waals surface area contributed by atoms with Crippen LogP contribution in [0.3, 0.4) is 0 Å². The van der Waals surface area contributed by atoms with E-state index in [1.807, 2.05) is 13.8 Å². The molecule has 0 spiro atoms. The van der Waals surface area contributed by atoms with E-state index in [0.717, 1.165) is 25.6 Å². The van der Waals surface area contributed by atoms with Gasteiger partial charge in [-0.15, -0.1) is 0 Å². The van der Waals surface area contributed by atoms with E-state index in [4.69, 9.17) is 0 Å². The molecule has 2 atom stereocenters. The van der Waals surface area contributed by atoms with Crippen LogP contribution in [0.2, 0.25) is 0 Å². The molecule has 0 radical (unpaired) electrons. The fourth-order valence-electron chi connectivity index (χ4n) is 4.32. The zero-order chi connectivity index (χ0) is 17.1. The van der Waals surface area contributed by atoms with Gasteiger partial charge in [0, 0.05) is 25.6 Å². The second-order valence-electron chi connectivity index (χ2n) is 8.12. The van der Waals surface area contributed by atoms with Crippen LogP contribution in [0.5, 0.6) is 0 Å². The molecule has 0 bridgehead atoms. The lowest BCUT2D eigenvalue weighted by atomic mass is 9.88. The minimum absolute atomic E-state index is 0.123. The minimum Gasteiger partial charge on any atom is -0.342 e. The Hall–Kier alpha value is -1.35. The Balaban J connectivity index is 1.49. The lowest BCUT2D eigenvalue weighted by Gasteiger charge is -2.34. The summed E-state index contributed by atoms with van der Waals surface area (Å²) in [6.45, 7) is 11.8. The largest absolute Gasteiger partial charge is 0.342 e. The molecular formula is C21H32N2O. The molecule has 3 rings (SSSR count). The molecule has 132 valence electrons. The first-order valence-electron chi connectivity index (χ1n) is 9.60. The highest BCUT2D eigenvalue weighted by molar-refractivity contribution is 5.78. The molecule has 0 unspecified atom stereocenters. The Morgan fingerprint density at radius 3 is 2.42 bits per heavy atom. The summed E-state index contributed by atoms with van der Waals surface area (Å²) in [6, 6.07) is 11.0. The topological polar surface area (TPSA) is 23.6 Å². The van der Waals surface area contributed by atoms with Crippen molar-refractivity contribution in [2.45, 2.75) is 39.5 Å². The molecule has 0 saturated carbocycles. The highest BCUT2D eigenvalue weighted by Crippen LogP contribution is 2.30. The van der Waals surface area contributed by atoms with Crippen molar-refractivity contribution >= 4 is 5.91 Å². The number of rotatable bonds is 4. The SMILES string of the molecule is CC(C)C(=O)N1C[C@H](CN2CCC(c3ccccc3)CC2)[C@@H](C)C1. The van der Waals surface area contributed by atoms with E-state index in [9.17, 15) is 4.79 Å². The summed E-state index contributed by atoms with van der Waals surface area (Å²) in [5, 5.41) is 0. The minimum atomic E-state index is 0.123. The van der Waals surface area contributed by atoms with Gasteiger partial charge in [-0.1, -0.05) is 51.1 Å². The van der Waals surface area contributed by atoms with Gasteiger partial charge < -0.3 is 9.80 Å². The summed E-state index contributed by atoms with van der Waals surface area (Å²) in [5.74, 6) is 2.44. The number of piperidine rings is 1. The van der Waals surface area contributed by atoms with Gasteiger partial charge in [0.1, 0.15) is 0 Å². The van der Waals surface area contributed by atoms with Crippen molar-refractivity contribution in [2.75, 3.05) is 32.7 Å². The van der Waals surface area contributed by atoms with Gasteiger partial charge in [0.25, 0.3) is 0 Å². The molecule has 24 heavy (non-hydrogen) atoms. The highest BCUT2D eigenvalue weighted by Gasteiger charge is 2.34. The molecule has 1 aromatic carbocycles. The number of carbonyl (C=O) groups excluding carboxylic acids is 1. The normalized spacial score (nSPS) is 26.2. The fraction of sp³-hybridized carbons (Fsp3) is 0.667. The molecule has 1 amide bonds. The van der Waals surface area contributed by atoms with E-state index in [1.165, 1.54) is 31.5 Å². The van der Waals surface area contributed by atoms with Gasteiger partial charge >= 0.3 is 0 Å². The number of nitrogens with zero attached hydrogens (tertiary/aromatic N) is 2. The third-order valence-corrected chi connectivity index (χ3v) is 5.92. The van der Waals surface area contributed by atoms with Crippen LogP contribution in [0.1, 0.15) is 45.1 Å². The third-order valence-electron chi connectivity index (χ3n) is 5.92. The number of carbonyl (C=O) groups is 1. The van der Waals surface area contributed by atoms with E-state index in [0.29, 0.717) is 17.7 Å². The van der Waals surface area contributed by atoms with Gasteiger partial charge in [0.05, 0.1) is 0 Å². The summed E-state index contributed by atoms with van der Waals surface area (Å²) in [7, 11) is 0. The Morgan fingerprint density at radius 2 is 1.79 bits per heavy atom. The Kier molecular flexibility index (Phi) is 5.60. The van der Waals surface area contributed by atoms with Crippen LogP contribution in [-0.2, 0) is 4.79 Å². The smallest absolute Gasteiger partial charge is 0.225 e. The number of likely N-dealkylation sites (tertiary alicyclic amines) is 2. The van der Waals surface area contributed by atoms with Crippen LogP contribution in [0.4, 0.5) is 0 Å². The molecule has 2 fully saturated rings. The number of amides is 1. The number of benzene rings is 1. The summed E-state index contributed by atoms with van der Waals surface area (Å²) in [5.41, 5.74) is 1.50. The second kappa shape index (κ2) is 7.69. The maximum atomic E-state index is 12.2. The molecule has 2 aliphatic heterocycles. The predicted octanol–water partition coefficient (Wildman–Crippen LogP) is 3.62. The Morgan fingerprint density at radius 1 is 1.12 bits per heavy atom. The first kappa shape index (κ1) is 17.5. The first-order chi connectivity index (χ1) is 11.5. The average molecular weight is 329 g/mol. The maximum Gasteiger partial charge on any atom is 0.225 e. The second-order valence-corrected chi connectivity index (χ2v) is 8.12. The zero-order valence-electron chi connectivity index (χ0n) is 15.4. The summed E-state index contributed by atoms with van der Waals surface area (Å²) >= 11 is 0. The maximum absolute atomic E-state index is 12.2. The van der Waals surface area contributed by atoms with Gasteiger partial charge in [0.15, 0.2) is 0 Å². The molecule has 2 aliphatic rings. The fourth-order valence-corrected chi connectivity index (χ4v) is 4.32. The molecule has 1 aromatic rings. The van der Waals surface area contributed by atoms with E-state index < -0.39 is 0 Å². The lowest BCUT2D eigenvalue weighted by molar-refractivity contribution is -0.133. The summed E-state index contributed by atoms with van der Waals surface area (Å²) < 4.78 is 0. The van der Waals surface area contributed by atoms with Crippen LogP contribution in [-0.4, -0.2) is 48.4 Å². The zero-order valence-corrected chi connectivity index (χ0v) is 15.4. The molecule has 2 heterocycles. The van der Waals surface area contributed by atoms with Crippen molar-refractivity contribution in [3.8, 4) is 0 Å². The van der Waals surface area contributed by atoms with Gasteiger partial charge in [-0.2, -0.15) is 0 Å². The lowest BCUT2D eigenvalue weighted by Crippen LogP contribution is -2.39. The van der Waals surface area contributed by atoms with Crippen molar-refractivity contribution in [3.63, 3.8) is 0 Å². The summed E-state index contributed by atoms with van der Waals surface area (Å²) in [4.78, 5) is 17.0. The quantitative estimate of drug-likeness (QED) is 0.843. The summed E-state index contributed by atoms with van der Waals surface area (Å²) in [6.07, 6.45) is 2.53. The van der Waals surface area contributed by atoms with Crippen LogP contribution >= 0.6 is 0 Å². The van der Waals surface area contributed by atoms with Crippen LogP contribution < -0.4 is 0 Å². The van der Waals surface area contributed by atoms with Gasteiger partial charge in [-0.25, -0.2) is 0 Å². The molecule has 3 heteroatoms. The van der Waals surface area contributed by atoms with E-state index in [1.54, 1.807) is 0 Å². The van der Waals surface area contributed by atoms with Crippen molar-refractivity contribution in [1.82, 2.24) is 9.80 Å². The van der Waals surface area contributed by atoms with Crippen molar-refractivity contribution in [2.24, 2.45) is 17.8 Å². The van der Waals surface area contributed by atoms with Crippen LogP contribution in [0.25, 0.3) is 0 Å². The number of hydrogen-bond acceptors (Lipinski definition) is 2. The van der Waals surface area contributed by atoms with Crippen LogP contribution in [0.15, 0.2) is 30.3 Å². The Labute approximate surface area is 147 Å². The molecule has 0 N–H and O–H groups in total. The van der Waals surface area contributed by atoms with E-state index >= 15 is 0 Å². The average Bonchev–Trinajstić information content (AvgIpc) is 2.96. The molecule has 2 saturated heterocycles. The monoisotopic (exact) mass is 328 g/mol. The molecule has 0 aromatic heterocycles. The van der Waals surface area contributed by atoms with E-state index in [-0.39, 0.29) is 5.92 Å². The molecule has 3 nitrogen and oxygen atoms in total. The highest BCUT2D eigenvalue weighted by atomic mass is 16.2. The molecular weight excluding hydrogens is 296 g/mol. The van der Waals surface area contributed by atoms with E-state index in [2.05, 4.69) is 47.1 Å². The molecule has 0 aliphatic carbocycles. The van der Waals surface area contributed by atoms with Crippen molar-refractivity contribution < 1.29 is 4.79 Å². The van der Waals surface area contributed by atoms with Crippen LogP contribution in [0, 0.1) is 17.8 Å². The van der Waals surface area contributed by atoms with Crippen molar-refractivity contribution in [1.29, 1.82) is 0 Å². The standard InChI is InChI=1S/C21H32N2O/c1-16(2)21(24)23-13-17(3)20(15-23)14-22-11-9-19(10-12-22)18-7-5-4-6-8-18/h4-8,16-17,19-20H,9-15H2,1-3H3/t17-,20-/m0/s1. The van der Waals surface area contributed by atoms with Gasteiger partial charge in [0.2, 0.25) is 5.91 Å².